The van der Waals surface area contributed by atoms with Gasteiger partial charge in [-0.15, -0.1) is 0 Å². The molecule has 3 rings (SSSR count). The first-order valence-corrected chi connectivity index (χ1v) is 9.12. The molecule has 1 heterocycles. The maximum absolute atomic E-state index is 12.3. The zero-order valence-electron chi connectivity index (χ0n) is 12.5. The van der Waals surface area contributed by atoms with Gasteiger partial charge >= 0.3 is 5.97 Å². The van der Waals surface area contributed by atoms with Crippen LogP contribution in [0, 0.1) is 0 Å². The summed E-state index contributed by atoms with van der Waals surface area (Å²) in [5.74, 6) is -0.544. The highest BCUT2D eigenvalue weighted by molar-refractivity contribution is 7.89. The number of anilines is 2. The van der Waals surface area contributed by atoms with Gasteiger partial charge in [0.1, 0.15) is 6.04 Å². The largest absolute Gasteiger partial charge is 0.464 e. The van der Waals surface area contributed by atoms with Crippen LogP contribution in [0.4, 0.5) is 11.4 Å². The fourth-order valence-electron chi connectivity index (χ4n) is 2.31. The lowest BCUT2D eigenvalue weighted by molar-refractivity contribution is -0.139. The summed E-state index contributed by atoms with van der Waals surface area (Å²) in [6, 6.07) is 12.6. The Bertz CT molecular complexity index is 853. The molecule has 0 bridgehead atoms. The molecule has 24 heavy (non-hydrogen) atoms. The number of esters is 1. The van der Waals surface area contributed by atoms with Crippen LogP contribution in [0.15, 0.2) is 53.4 Å². The Hall–Kier alpha value is -2.09. The van der Waals surface area contributed by atoms with E-state index in [0.29, 0.717) is 11.4 Å². The van der Waals surface area contributed by atoms with E-state index in [2.05, 4.69) is 10.0 Å². The molecule has 8 heteroatoms. The lowest BCUT2D eigenvalue weighted by Crippen LogP contribution is -2.37. The van der Waals surface area contributed by atoms with Crippen molar-refractivity contribution in [3.8, 4) is 0 Å². The van der Waals surface area contributed by atoms with Crippen molar-refractivity contribution in [2.75, 3.05) is 11.9 Å². The van der Waals surface area contributed by atoms with Crippen LogP contribution < -0.4 is 10.0 Å². The maximum atomic E-state index is 12.3. The molecule has 2 aromatic carbocycles. The van der Waals surface area contributed by atoms with Crippen molar-refractivity contribution in [2.45, 2.75) is 17.4 Å². The molecule has 0 spiro atoms. The molecule has 1 fully saturated rings. The minimum absolute atomic E-state index is 0.0823. The molecule has 1 aliphatic rings. The van der Waals surface area contributed by atoms with E-state index in [0.717, 1.165) is 11.4 Å². The van der Waals surface area contributed by atoms with Crippen LogP contribution in [-0.2, 0) is 19.6 Å². The van der Waals surface area contributed by atoms with Gasteiger partial charge in [-0.1, -0.05) is 17.7 Å². The Labute approximate surface area is 144 Å². The van der Waals surface area contributed by atoms with Gasteiger partial charge in [-0.25, -0.2) is 8.42 Å². The first-order chi connectivity index (χ1) is 11.4. The van der Waals surface area contributed by atoms with Crippen LogP contribution in [0.3, 0.4) is 0 Å². The third kappa shape index (κ3) is 3.87. The summed E-state index contributed by atoms with van der Waals surface area (Å²) in [7, 11) is -3.77. The topological polar surface area (TPSA) is 84.5 Å². The highest BCUT2D eigenvalue weighted by atomic mass is 35.5. The first kappa shape index (κ1) is 16.8. The number of nitrogens with one attached hydrogen (secondary N) is 2. The second-order valence-electron chi connectivity index (χ2n) is 5.29. The van der Waals surface area contributed by atoms with E-state index >= 15 is 0 Å². The van der Waals surface area contributed by atoms with Crippen LogP contribution >= 0.6 is 11.6 Å². The first-order valence-electron chi connectivity index (χ1n) is 7.26. The lowest BCUT2D eigenvalue weighted by Gasteiger charge is -2.11. The van der Waals surface area contributed by atoms with Crippen LogP contribution in [0.5, 0.6) is 0 Å². The number of hydrogen-bond acceptors (Lipinski definition) is 5. The zero-order valence-corrected chi connectivity index (χ0v) is 14.1. The van der Waals surface area contributed by atoms with Crippen LogP contribution in [0.1, 0.15) is 6.42 Å². The fraction of sp³-hybridized carbons (Fsp3) is 0.188. The summed E-state index contributed by atoms with van der Waals surface area (Å²) in [5.41, 5.74) is 1.52. The molecule has 0 aromatic heterocycles. The zero-order chi connectivity index (χ0) is 17.2. The molecule has 2 aromatic rings. The van der Waals surface area contributed by atoms with Gasteiger partial charge in [-0.2, -0.15) is 4.72 Å². The third-order valence-electron chi connectivity index (χ3n) is 3.51. The predicted octanol–water partition coefficient (Wildman–Crippen LogP) is 2.68. The molecule has 2 N–H and O–H groups in total. The van der Waals surface area contributed by atoms with Crippen LogP contribution in [0.25, 0.3) is 0 Å². The molecule has 0 saturated carbocycles. The third-order valence-corrected chi connectivity index (χ3v) is 5.23. The van der Waals surface area contributed by atoms with Gasteiger partial charge in [0, 0.05) is 22.8 Å². The average Bonchev–Trinajstić information content (AvgIpc) is 2.92. The second kappa shape index (κ2) is 6.80. The number of benzene rings is 2. The molecule has 1 saturated heterocycles. The van der Waals surface area contributed by atoms with Crippen molar-refractivity contribution in [1.82, 2.24) is 4.72 Å². The van der Waals surface area contributed by atoms with E-state index in [-0.39, 0.29) is 11.5 Å². The van der Waals surface area contributed by atoms with Crippen molar-refractivity contribution in [3.05, 3.63) is 53.6 Å². The van der Waals surface area contributed by atoms with Gasteiger partial charge in [-0.05, 0) is 42.5 Å². The molecule has 0 aliphatic carbocycles. The fourth-order valence-corrected chi connectivity index (χ4v) is 3.72. The summed E-state index contributed by atoms with van der Waals surface area (Å²) in [5, 5.41) is 3.73. The molecule has 1 aliphatic heterocycles. The number of carbonyl (C=O) groups is 1. The monoisotopic (exact) mass is 366 g/mol. The standard InChI is InChI=1S/C16H15ClN2O4S/c17-11-2-1-3-13(10-11)18-12-4-6-14(7-5-12)24(21,22)19-15-8-9-23-16(15)20/h1-7,10,15,18-19H,8-9H2/t15-/m0/s1. The molecule has 0 amide bonds. The molecule has 0 radical (unpaired) electrons. The molecule has 6 nitrogen and oxygen atoms in total. The van der Waals surface area contributed by atoms with E-state index in [9.17, 15) is 13.2 Å². The van der Waals surface area contributed by atoms with Gasteiger partial charge in [0.2, 0.25) is 10.0 Å². The molecule has 0 unspecified atom stereocenters. The Kier molecular flexibility index (Phi) is 4.75. The summed E-state index contributed by atoms with van der Waals surface area (Å²) in [6.45, 7) is 0.231. The van der Waals surface area contributed by atoms with Crippen molar-refractivity contribution in [2.24, 2.45) is 0 Å². The maximum Gasteiger partial charge on any atom is 0.324 e. The van der Waals surface area contributed by atoms with Crippen molar-refractivity contribution in [3.63, 3.8) is 0 Å². The van der Waals surface area contributed by atoms with E-state index in [1.165, 1.54) is 12.1 Å². The number of halogens is 1. The number of ether oxygens (including phenoxy) is 1. The van der Waals surface area contributed by atoms with Gasteiger partial charge in [-0.3, -0.25) is 4.79 Å². The Morgan fingerprint density at radius 1 is 1.08 bits per heavy atom. The van der Waals surface area contributed by atoms with E-state index in [1.807, 2.05) is 12.1 Å². The highest BCUT2D eigenvalue weighted by Crippen LogP contribution is 2.22. The van der Waals surface area contributed by atoms with Crippen molar-refractivity contribution >= 4 is 39.0 Å². The minimum Gasteiger partial charge on any atom is -0.464 e. The number of hydrogen-bond donors (Lipinski definition) is 2. The van der Waals surface area contributed by atoms with Gasteiger partial charge in [0.05, 0.1) is 11.5 Å². The summed E-state index contributed by atoms with van der Waals surface area (Å²) >= 11 is 5.92. The van der Waals surface area contributed by atoms with E-state index in [1.54, 1.807) is 24.3 Å². The normalized spacial score (nSPS) is 17.5. The number of rotatable bonds is 5. The molecular formula is C16H15ClN2O4S. The van der Waals surface area contributed by atoms with Gasteiger partial charge in [0.25, 0.3) is 0 Å². The number of carbonyl (C=O) groups excluding carboxylic acids is 1. The number of cyclic esters (lactones) is 1. The molecule has 1 atom stereocenters. The summed E-state index contributed by atoms with van der Waals surface area (Å²) < 4.78 is 31.7. The van der Waals surface area contributed by atoms with Crippen LogP contribution in [0.2, 0.25) is 5.02 Å². The van der Waals surface area contributed by atoms with E-state index in [4.69, 9.17) is 16.3 Å². The molecular weight excluding hydrogens is 352 g/mol. The van der Waals surface area contributed by atoms with Crippen molar-refractivity contribution < 1.29 is 17.9 Å². The second-order valence-corrected chi connectivity index (χ2v) is 7.44. The Morgan fingerprint density at radius 3 is 2.46 bits per heavy atom. The van der Waals surface area contributed by atoms with Gasteiger partial charge in [0.15, 0.2) is 0 Å². The van der Waals surface area contributed by atoms with E-state index < -0.39 is 22.0 Å². The average molecular weight is 367 g/mol. The predicted molar refractivity (Wildman–Crippen MR) is 90.9 cm³/mol. The smallest absolute Gasteiger partial charge is 0.324 e. The van der Waals surface area contributed by atoms with Crippen LogP contribution in [-0.4, -0.2) is 27.0 Å². The quantitative estimate of drug-likeness (QED) is 0.795. The van der Waals surface area contributed by atoms with Gasteiger partial charge < -0.3 is 10.1 Å². The Morgan fingerprint density at radius 2 is 1.83 bits per heavy atom. The Balaban J connectivity index is 1.72. The highest BCUT2D eigenvalue weighted by Gasteiger charge is 2.31. The molecule has 126 valence electrons. The van der Waals surface area contributed by atoms with Crippen molar-refractivity contribution in [1.29, 1.82) is 0 Å². The minimum atomic E-state index is -3.77. The number of sulfonamides is 1. The summed E-state index contributed by atoms with van der Waals surface area (Å²) in [6.07, 6.45) is 0.340. The summed E-state index contributed by atoms with van der Waals surface area (Å²) in [4.78, 5) is 11.5. The SMILES string of the molecule is O=C1OCC[C@@H]1NS(=O)(=O)c1ccc(Nc2cccc(Cl)c2)cc1. The lowest BCUT2D eigenvalue weighted by atomic mass is 10.3.